The number of amides is 1. The van der Waals surface area contributed by atoms with Crippen molar-refractivity contribution < 1.29 is 13.6 Å². The van der Waals surface area contributed by atoms with Crippen LogP contribution in [0, 0.1) is 11.6 Å². The SMILES string of the molecule is O=C(Nc1nnc(SCc2ccccc2)s1)c1cc(F)ccc1F. The van der Waals surface area contributed by atoms with Crippen molar-refractivity contribution in [2.45, 2.75) is 10.1 Å². The lowest BCUT2D eigenvalue weighted by Crippen LogP contribution is -2.13. The summed E-state index contributed by atoms with van der Waals surface area (Å²) < 4.78 is 27.4. The number of aromatic nitrogens is 2. The molecule has 24 heavy (non-hydrogen) atoms. The molecule has 1 heterocycles. The Morgan fingerprint density at radius 3 is 2.71 bits per heavy atom. The molecular weight excluding hydrogens is 352 g/mol. The van der Waals surface area contributed by atoms with Gasteiger partial charge >= 0.3 is 0 Å². The minimum absolute atomic E-state index is 0.235. The largest absolute Gasteiger partial charge is 0.296 e. The first-order valence-electron chi connectivity index (χ1n) is 6.88. The Morgan fingerprint density at radius 1 is 1.12 bits per heavy atom. The zero-order chi connectivity index (χ0) is 16.9. The van der Waals surface area contributed by atoms with Gasteiger partial charge in [-0.2, -0.15) is 0 Å². The van der Waals surface area contributed by atoms with E-state index < -0.39 is 17.5 Å². The molecule has 0 saturated heterocycles. The number of nitrogens with zero attached hydrogens (tertiary/aromatic N) is 2. The second-order valence-electron chi connectivity index (χ2n) is 4.73. The van der Waals surface area contributed by atoms with E-state index in [1.807, 2.05) is 30.3 Å². The van der Waals surface area contributed by atoms with Crippen LogP contribution in [0.25, 0.3) is 0 Å². The van der Waals surface area contributed by atoms with Gasteiger partial charge in [0, 0.05) is 5.75 Å². The van der Waals surface area contributed by atoms with Gasteiger partial charge in [0.25, 0.3) is 5.91 Å². The molecule has 0 spiro atoms. The van der Waals surface area contributed by atoms with Crippen molar-refractivity contribution in [2.24, 2.45) is 0 Å². The fourth-order valence-corrected chi connectivity index (χ4v) is 3.58. The lowest BCUT2D eigenvalue weighted by molar-refractivity contribution is 0.102. The Balaban J connectivity index is 1.63. The number of carbonyl (C=O) groups is 1. The Labute approximate surface area is 144 Å². The summed E-state index contributed by atoms with van der Waals surface area (Å²) in [5.41, 5.74) is 0.772. The Hall–Kier alpha value is -2.32. The number of carbonyl (C=O) groups excluding carboxylic acids is 1. The lowest BCUT2D eigenvalue weighted by Gasteiger charge is -2.02. The lowest BCUT2D eigenvalue weighted by atomic mass is 10.2. The van der Waals surface area contributed by atoms with Gasteiger partial charge in [-0.3, -0.25) is 10.1 Å². The maximum atomic E-state index is 13.6. The molecule has 2 aromatic carbocycles. The summed E-state index contributed by atoms with van der Waals surface area (Å²) in [6.07, 6.45) is 0. The average Bonchev–Trinajstić information content (AvgIpc) is 3.03. The first kappa shape index (κ1) is 16.5. The number of nitrogens with one attached hydrogen (secondary N) is 1. The predicted octanol–water partition coefficient (Wildman–Crippen LogP) is 4.36. The maximum Gasteiger partial charge on any atom is 0.260 e. The van der Waals surface area contributed by atoms with Crippen molar-refractivity contribution in [1.29, 1.82) is 0 Å². The van der Waals surface area contributed by atoms with Crippen molar-refractivity contribution in [3.05, 3.63) is 71.3 Å². The summed E-state index contributed by atoms with van der Waals surface area (Å²) in [5.74, 6) is -1.51. The Morgan fingerprint density at radius 2 is 1.92 bits per heavy atom. The summed E-state index contributed by atoms with van der Waals surface area (Å²) in [6.45, 7) is 0. The highest BCUT2D eigenvalue weighted by Gasteiger charge is 2.15. The second kappa shape index (κ2) is 7.50. The number of anilines is 1. The van der Waals surface area contributed by atoms with Gasteiger partial charge in [0.05, 0.1) is 5.56 Å². The standard InChI is InChI=1S/C16H11F2N3OS2/c17-11-6-7-13(18)12(8-11)14(22)19-15-20-21-16(24-15)23-9-10-4-2-1-3-5-10/h1-8H,9H2,(H,19,20,22). The van der Waals surface area contributed by atoms with Crippen LogP contribution in [-0.2, 0) is 5.75 Å². The second-order valence-corrected chi connectivity index (χ2v) is 6.93. The van der Waals surface area contributed by atoms with E-state index >= 15 is 0 Å². The average molecular weight is 363 g/mol. The van der Waals surface area contributed by atoms with Crippen LogP contribution in [0.4, 0.5) is 13.9 Å². The van der Waals surface area contributed by atoms with Gasteiger partial charge in [0.1, 0.15) is 11.6 Å². The topological polar surface area (TPSA) is 54.9 Å². The van der Waals surface area contributed by atoms with Gasteiger partial charge < -0.3 is 0 Å². The van der Waals surface area contributed by atoms with E-state index in [4.69, 9.17) is 0 Å². The molecule has 4 nitrogen and oxygen atoms in total. The third-order valence-corrected chi connectivity index (χ3v) is 5.05. The third kappa shape index (κ3) is 4.15. The molecule has 0 aliphatic carbocycles. The highest BCUT2D eigenvalue weighted by molar-refractivity contribution is 8.00. The summed E-state index contributed by atoms with van der Waals surface area (Å²) in [7, 11) is 0. The van der Waals surface area contributed by atoms with Crippen molar-refractivity contribution in [3.63, 3.8) is 0 Å². The van der Waals surface area contributed by atoms with Crippen molar-refractivity contribution in [2.75, 3.05) is 5.32 Å². The molecule has 0 atom stereocenters. The summed E-state index contributed by atoms with van der Waals surface area (Å²) >= 11 is 2.66. The van der Waals surface area contributed by atoms with E-state index in [0.717, 1.165) is 29.5 Å². The fourth-order valence-electron chi connectivity index (χ4n) is 1.87. The molecule has 0 saturated carbocycles. The van der Waals surface area contributed by atoms with Crippen LogP contribution >= 0.6 is 23.1 Å². The minimum Gasteiger partial charge on any atom is -0.296 e. The first-order valence-corrected chi connectivity index (χ1v) is 8.68. The van der Waals surface area contributed by atoms with Crippen LogP contribution in [0.2, 0.25) is 0 Å². The number of rotatable bonds is 5. The van der Waals surface area contributed by atoms with Crippen LogP contribution in [0.15, 0.2) is 52.9 Å². The van der Waals surface area contributed by atoms with Crippen LogP contribution < -0.4 is 5.32 Å². The molecule has 0 aliphatic rings. The summed E-state index contributed by atoms with van der Waals surface area (Å²) in [6, 6.07) is 12.6. The quantitative estimate of drug-likeness (QED) is 0.540. The van der Waals surface area contributed by atoms with E-state index in [9.17, 15) is 13.6 Å². The van der Waals surface area contributed by atoms with Crippen LogP contribution in [0.5, 0.6) is 0 Å². The van der Waals surface area contributed by atoms with Gasteiger partial charge in [-0.25, -0.2) is 8.78 Å². The van der Waals surface area contributed by atoms with E-state index in [2.05, 4.69) is 15.5 Å². The van der Waals surface area contributed by atoms with Gasteiger partial charge in [-0.15, -0.1) is 10.2 Å². The zero-order valence-corrected chi connectivity index (χ0v) is 13.8. The van der Waals surface area contributed by atoms with Crippen LogP contribution in [0.1, 0.15) is 15.9 Å². The number of halogens is 2. The highest BCUT2D eigenvalue weighted by atomic mass is 32.2. The van der Waals surface area contributed by atoms with Gasteiger partial charge in [-0.05, 0) is 23.8 Å². The molecule has 0 bridgehead atoms. The summed E-state index contributed by atoms with van der Waals surface area (Å²) in [4.78, 5) is 12.0. The first-order chi connectivity index (χ1) is 11.6. The molecule has 0 unspecified atom stereocenters. The van der Waals surface area contributed by atoms with E-state index in [1.54, 1.807) is 0 Å². The number of benzene rings is 2. The Kier molecular flexibility index (Phi) is 5.17. The van der Waals surface area contributed by atoms with Crippen LogP contribution in [-0.4, -0.2) is 16.1 Å². The molecule has 122 valence electrons. The molecule has 3 rings (SSSR count). The van der Waals surface area contributed by atoms with Crippen molar-refractivity contribution in [1.82, 2.24) is 10.2 Å². The Bertz CT molecular complexity index is 856. The molecule has 1 N–H and O–H groups in total. The van der Waals surface area contributed by atoms with Crippen LogP contribution in [0.3, 0.4) is 0 Å². The van der Waals surface area contributed by atoms with Crippen molar-refractivity contribution >= 4 is 34.1 Å². The molecule has 1 amide bonds. The van der Waals surface area contributed by atoms with E-state index in [-0.39, 0.29) is 10.7 Å². The monoisotopic (exact) mass is 363 g/mol. The highest BCUT2D eigenvalue weighted by Crippen LogP contribution is 2.28. The smallest absolute Gasteiger partial charge is 0.260 e. The minimum atomic E-state index is -0.794. The molecule has 3 aromatic rings. The fraction of sp³-hybridized carbons (Fsp3) is 0.0625. The van der Waals surface area contributed by atoms with Crippen molar-refractivity contribution in [3.8, 4) is 0 Å². The zero-order valence-electron chi connectivity index (χ0n) is 12.2. The molecule has 0 aliphatic heterocycles. The van der Waals surface area contributed by atoms with E-state index in [0.29, 0.717) is 4.34 Å². The third-order valence-electron chi connectivity index (χ3n) is 3.01. The van der Waals surface area contributed by atoms with Gasteiger partial charge in [0.15, 0.2) is 4.34 Å². The normalized spacial score (nSPS) is 10.6. The maximum absolute atomic E-state index is 13.6. The predicted molar refractivity (Wildman–Crippen MR) is 90.2 cm³/mol. The molecule has 1 aromatic heterocycles. The van der Waals surface area contributed by atoms with Gasteiger partial charge in [-0.1, -0.05) is 53.4 Å². The number of thioether (sulfide) groups is 1. The number of hydrogen-bond donors (Lipinski definition) is 1. The molecule has 0 radical (unpaired) electrons. The molecule has 8 heteroatoms. The summed E-state index contributed by atoms with van der Waals surface area (Å²) in [5, 5.41) is 10.5. The number of hydrogen-bond acceptors (Lipinski definition) is 5. The van der Waals surface area contributed by atoms with Gasteiger partial charge in [0.2, 0.25) is 5.13 Å². The van der Waals surface area contributed by atoms with E-state index in [1.165, 1.54) is 23.1 Å². The molecule has 0 fully saturated rings. The molecular formula is C16H11F2N3OS2.